The van der Waals surface area contributed by atoms with E-state index in [9.17, 15) is 8.78 Å². The summed E-state index contributed by atoms with van der Waals surface area (Å²) in [5.41, 5.74) is 0.0941. The second-order valence-corrected chi connectivity index (χ2v) is 4.00. The molecule has 2 rings (SSSR count). The quantitative estimate of drug-likeness (QED) is 0.799. The number of nitrogens with zero attached hydrogens (tertiary/aromatic N) is 2. The lowest BCUT2D eigenvalue weighted by atomic mass is 10.2. The van der Waals surface area contributed by atoms with Crippen LogP contribution in [0.3, 0.4) is 0 Å². The predicted octanol–water partition coefficient (Wildman–Crippen LogP) is 2.34. The van der Waals surface area contributed by atoms with E-state index < -0.39 is 11.6 Å². The number of hydrogen-bond donors (Lipinski definition) is 1. The molecule has 0 fully saturated rings. The van der Waals surface area contributed by atoms with Gasteiger partial charge < -0.3 is 5.32 Å². The normalized spacial score (nSPS) is 10.8. The predicted molar refractivity (Wildman–Crippen MR) is 64.9 cm³/mol. The first-order chi connectivity index (χ1) is 8.77. The van der Waals surface area contributed by atoms with Crippen molar-refractivity contribution in [3.8, 4) is 0 Å². The highest BCUT2D eigenvalue weighted by Crippen LogP contribution is 2.11. The number of aromatic nitrogens is 2. The molecule has 1 heterocycles. The number of benzene rings is 1. The largest absolute Gasteiger partial charge is 0.312 e. The highest BCUT2D eigenvalue weighted by Gasteiger charge is 2.06. The summed E-state index contributed by atoms with van der Waals surface area (Å²) in [5, 5.41) is 7.09. The van der Waals surface area contributed by atoms with Gasteiger partial charge in [0.15, 0.2) is 0 Å². The first-order valence-corrected chi connectivity index (χ1v) is 5.88. The van der Waals surface area contributed by atoms with Gasteiger partial charge in [0.05, 0.1) is 0 Å². The fourth-order valence-corrected chi connectivity index (χ4v) is 1.71. The van der Waals surface area contributed by atoms with Crippen LogP contribution in [0.25, 0.3) is 0 Å². The van der Waals surface area contributed by atoms with E-state index in [1.807, 2.05) is 16.9 Å². The molecular weight excluding hydrogens is 236 g/mol. The molecule has 0 aliphatic heterocycles. The summed E-state index contributed by atoms with van der Waals surface area (Å²) < 4.78 is 28.4. The van der Waals surface area contributed by atoms with Crippen molar-refractivity contribution in [2.45, 2.75) is 19.5 Å². The van der Waals surface area contributed by atoms with E-state index in [1.165, 1.54) is 18.2 Å². The molecule has 0 unspecified atom stereocenters. The topological polar surface area (TPSA) is 29.9 Å². The minimum absolute atomic E-state index is 0.0941. The molecule has 96 valence electrons. The molecule has 0 bridgehead atoms. The monoisotopic (exact) mass is 251 g/mol. The van der Waals surface area contributed by atoms with E-state index >= 15 is 0 Å². The Bertz CT molecular complexity index is 463. The molecule has 1 aromatic carbocycles. The molecule has 0 atom stereocenters. The van der Waals surface area contributed by atoms with Crippen LogP contribution in [0.5, 0.6) is 0 Å². The van der Waals surface area contributed by atoms with E-state index in [-0.39, 0.29) is 12.1 Å². The summed E-state index contributed by atoms with van der Waals surface area (Å²) in [6.45, 7) is 1.69. The Morgan fingerprint density at radius 3 is 2.61 bits per heavy atom. The van der Waals surface area contributed by atoms with Gasteiger partial charge in [-0.3, -0.25) is 4.68 Å². The second-order valence-electron chi connectivity index (χ2n) is 4.00. The fourth-order valence-electron chi connectivity index (χ4n) is 1.71. The van der Waals surface area contributed by atoms with Gasteiger partial charge in [-0.05, 0) is 31.2 Å². The molecule has 0 saturated heterocycles. The smallest absolute Gasteiger partial charge is 0.130 e. The first-order valence-electron chi connectivity index (χ1n) is 5.88. The van der Waals surface area contributed by atoms with E-state index in [0.29, 0.717) is 6.54 Å². The summed E-state index contributed by atoms with van der Waals surface area (Å²) >= 11 is 0. The van der Waals surface area contributed by atoms with Gasteiger partial charge in [-0.1, -0.05) is 6.07 Å². The number of rotatable bonds is 6. The molecule has 5 heteroatoms. The van der Waals surface area contributed by atoms with Gasteiger partial charge in [0.2, 0.25) is 0 Å². The third-order valence-electron chi connectivity index (χ3n) is 2.66. The molecule has 1 N–H and O–H groups in total. The van der Waals surface area contributed by atoms with Crippen LogP contribution in [0.1, 0.15) is 12.0 Å². The van der Waals surface area contributed by atoms with Crippen molar-refractivity contribution in [3.05, 3.63) is 53.9 Å². The van der Waals surface area contributed by atoms with Crippen LogP contribution in [-0.2, 0) is 13.1 Å². The zero-order valence-corrected chi connectivity index (χ0v) is 9.94. The van der Waals surface area contributed by atoms with Crippen LogP contribution in [0, 0.1) is 11.6 Å². The van der Waals surface area contributed by atoms with Crippen molar-refractivity contribution in [2.75, 3.05) is 6.54 Å². The lowest BCUT2D eigenvalue weighted by Crippen LogP contribution is -2.18. The second kappa shape index (κ2) is 6.26. The summed E-state index contributed by atoms with van der Waals surface area (Å²) in [5.74, 6) is -1.01. The third-order valence-corrected chi connectivity index (χ3v) is 2.66. The van der Waals surface area contributed by atoms with Gasteiger partial charge in [-0.15, -0.1) is 0 Å². The minimum atomic E-state index is -0.505. The van der Waals surface area contributed by atoms with Crippen molar-refractivity contribution >= 4 is 0 Å². The van der Waals surface area contributed by atoms with Gasteiger partial charge >= 0.3 is 0 Å². The maximum absolute atomic E-state index is 13.3. The van der Waals surface area contributed by atoms with E-state index in [1.54, 1.807) is 6.20 Å². The van der Waals surface area contributed by atoms with Crippen LogP contribution >= 0.6 is 0 Å². The zero-order valence-electron chi connectivity index (χ0n) is 9.94. The minimum Gasteiger partial charge on any atom is -0.312 e. The Morgan fingerprint density at radius 2 is 1.94 bits per heavy atom. The van der Waals surface area contributed by atoms with Crippen molar-refractivity contribution in [3.63, 3.8) is 0 Å². The molecule has 0 aliphatic rings. The van der Waals surface area contributed by atoms with E-state index in [4.69, 9.17) is 0 Å². The Morgan fingerprint density at radius 1 is 1.17 bits per heavy atom. The molecular formula is C13H15F2N3. The van der Waals surface area contributed by atoms with E-state index in [2.05, 4.69) is 10.4 Å². The van der Waals surface area contributed by atoms with Gasteiger partial charge in [0.25, 0.3) is 0 Å². The molecule has 3 nitrogen and oxygen atoms in total. The highest BCUT2D eigenvalue weighted by molar-refractivity contribution is 5.19. The van der Waals surface area contributed by atoms with Crippen molar-refractivity contribution < 1.29 is 8.78 Å². The highest BCUT2D eigenvalue weighted by atomic mass is 19.1. The van der Waals surface area contributed by atoms with Crippen molar-refractivity contribution in [1.29, 1.82) is 0 Å². The average Bonchev–Trinajstić information content (AvgIpc) is 2.85. The Kier molecular flexibility index (Phi) is 4.41. The standard InChI is InChI=1S/C13H15F2N3/c14-12-4-1-5-13(15)11(12)10-16-6-2-8-18-9-3-7-17-18/h1,3-5,7,9,16H,2,6,8,10H2. The van der Waals surface area contributed by atoms with Crippen molar-refractivity contribution in [1.82, 2.24) is 15.1 Å². The van der Waals surface area contributed by atoms with Gasteiger partial charge in [-0.2, -0.15) is 5.10 Å². The summed E-state index contributed by atoms with van der Waals surface area (Å²) in [4.78, 5) is 0. The Balaban J connectivity index is 1.72. The molecule has 0 spiro atoms. The van der Waals surface area contributed by atoms with Crippen LogP contribution in [0.15, 0.2) is 36.7 Å². The Hall–Kier alpha value is -1.75. The summed E-state index contributed by atoms with van der Waals surface area (Å²) in [6, 6.07) is 5.77. The van der Waals surface area contributed by atoms with Gasteiger partial charge in [0.1, 0.15) is 11.6 Å². The fraction of sp³-hybridized carbons (Fsp3) is 0.308. The summed E-state index contributed by atoms with van der Waals surface area (Å²) in [6.07, 6.45) is 4.47. The van der Waals surface area contributed by atoms with Crippen molar-refractivity contribution in [2.24, 2.45) is 0 Å². The van der Waals surface area contributed by atoms with E-state index in [0.717, 1.165) is 13.0 Å². The van der Waals surface area contributed by atoms with Crippen LogP contribution in [0.2, 0.25) is 0 Å². The molecule has 1 aromatic heterocycles. The third kappa shape index (κ3) is 3.37. The SMILES string of the molecule is Fc1cccc(F)c1CNCCCn1cccn1. The zero-order chi connectivity index (χ0) is 12.8. The molecule has 18 heavy (non-hydrogen) atoms. The number of halogens is 2. The van der Waals surface area contributed by atoms with Gasteiger partial charge in [0, 0.05) is 31.0 Å². The summed E-state index contributed by atoms with van der Waals surface area (Å²) in [7, 11) is 0. The van der Waals surface area contributed by atoms with Crippen LogP contribution in [0.4, 0.5) is 8.78 Å². The van der Waals surface area contributed by atoms with Gasteiger partial charge in [-0.25, -0.2) is 8.78 Å². The maximum atomic E-state index is 13.3. The van der Waals surface area contributed by atoms with Crippen LogP contribution < -0.4 is 5.32 Å². The average molecular weight is 251 g/mol. The molecule has 0 amide bonds. The number of aryl methyl sites for hydroxylation is 1. The van der Waals surface area contributed by atoms with Crippen LogP contribution in [-0.4, -0.2) is 16.3 Å². The first kappa shape index (κ1) is 12.7. The molecule has 0 aliphatic carbocycles. The molecule has 0 saturated carbocycles. The molecule has 0 radical (unpaired) electrons. The number of nitrogens with one attached hydrogen (secondary N) is 1. The lowest BCUT2D eigenvalue weighted by Gasteiger charge is -2.07. The Labute approximate surface area is 104 Å². The molecule has 2 aromatic rings. The number of hydrogen-bond acceptors (Lipinski definition) is 2. The lowest BCUT2D eigenvalue weighted by molar-refractivity contribution is 0.513. The maximum Gasteiger partial charge on any atom is 0.130 e.